The lowest BCUT2D eigenvalue weighted by molar-refractivity contribution is 0.0696. The van der Waals surface area contributed by atoms with Crippen molar-refractivity contribution in [1.82, 2.24) is 14.3 Å². The van der Waals surface area contributed by atoms with Crippen molar-refractivity contribution in [2.45, 2.75) is 23.4 Å². The highest BCUT2D eigenvalue weighted by Gasteiger charge is 2.49. The van der Waals surface area contributed by atoms with Crippen molar-refractivity contribution in [3.63, 3.8) is 0 Å². The molecule has 2 aliphatic heterocycles. The molecule has 2 aliphatic rings. The lowest BCUT2D eigenvalue weighted by Gasteiger charge is -2.33. The van der Waals surface area contributed by atoms with Crippen LogP contribution in [0.15, 0.2) is 59.8 Å². The Labute approximate surface area is 167 Å². The molecule has 2 bridgehead atoms. The van der Waals surface area contributed by atoms with Gasteiger partial charge in [0.1, 0.15) is 0 Å². The molecule has 0 spiro atoms. The number of aromatic nitrogens is 2. The number of anilines is 1. The van der Waals surface area contributed by atoms with Gasteiger partial charge < -0.3 is 10.0 Å². The third-order valence-electron chi connectivity index (χ3n) is 5.66. The van der Waals surface area contributed by atoms with Crippen molar-refractivity contribution in [3.05, 3.63) is 60.4 Å². The molecule has 3 aromatic rings. The normalized spacial score (nSPS) is 21.7. The summed E-state index contributed by atoms with van der Waals surface area (Å²) in [4.78, 5) is 21.5. The topological polar surface area (TPSA) is 104 Å². The quantitative estimate of drug-likeness (QED) is 0.701. The third kappa shape index (κ3) is 2.93. The van der Waals surface area contributed by atoms with Gasteiger partial charge in [0.05, 0.1) is 10.5 Å². The van der Waals surface area contributed by atoms with Gasteiger partial charge in [-0.3, -0.25) is 0 Å². The molecule has 2 aromatic carbocycles. The van der Waals surface area contributed by atoms with E-state index in [1.807, 2.05) is 35.2 Å². The van der Waals surface area contributed by atoms with Gasteiger partial charge in [-0.25, -0.2) is 23.2 Å². The molecule has 0 aliphatic carbocycles. The fraction of sp³-hybridized carbons (Fsp3) is 0.250. The highest BCUT2D eigenvalue weighted by Crippen LogP contribution is 2.36. The van der Waals surface area contributed by atoms with Gasteiger partial charge in [0.15, 0.2) is 0 Å². The van der Waals surface area contributed by atoms with Gasteiger partial charge in [0, 0.05) is 37.6 Å². The molecule has 2 fully saturated rings. The molecule has 9 heteroatoms. The molecule has 148 valence electrons. The van der Waals surface area contributed by atoms with E-state index in [1.165, 1.54) is 12.4 Å². The van der Waals surface area contributed by atoms with Crippen molar-refractivity contribution < 1.29 is 18.3 Å². The van der Waals surface area contributed by atoms with Gasteiger partial charge in [0.25, 0.3) is 0 Å². The first-order valence-electron chi connectivity index (χ1n) is 9.26. The molecule has 5 rings (SSSR count). The van der Waals surface area contributed by atoms with E-state index in [0.717, 1.165) is 10.8 Å². The second-order valence-electron chi connectivity index (χ2n) is 7.36. The SMILES string of the molecule is O=C(O)c1cnc(N2C[C@H]3C[C@@H]2CN3S(=O)(=O)c2ccc3ccccc3c2)nc1. The molecule has 0 unspecified atom stereocenters. The zero-order chi connectivity index (χ0) is 20.2. The Hall–Kier alpha value is -3.04. The molecule has 0 saturated carbocycles. The summed E-state index contributed by atoms with van der Waals surface area (Å²) < 4.78 is 28.1. The van der Waals surface area contributed by atoms with Gasteiger partial charge in [-0.2, -0.15) is 4.31 Å². The molecule has 8 nitrogen and oxygen atoms in total. The number of rotatable bonds is 4. The second-order valence-corrected chi connectivity index (χ2v) is 9.25. The number of benzene rings is 2. The van der Waals surface area contributed by atoms with Crippen LogP contribution in [0.25, 0.3) is 10.8 Å². The maximum Gasteiger partial charge on any atom is 0.338 e. The summed E-state index contributed by atoms with van der Waals surface area (Å²) >= 11 is 0. The van der Waals surface area contributed by atoms with Crippen LogP contribution in [0.3, 0.4) is 0 Å². The van der Waals surface area contributed by atoms with Crippen molar-refractivity contribution in [3.8, 4) is 0 Å². The van der Waals surface area contributed by atoms with Crippen LogP contribution in [-0.2, 0) is 10.0 Å². The maximum absolute atomic E-state index is 13.2. The summed E-state index contributed by atoms with van der Waals surface area (Å²) in [5.41, 5.74) is 0.0265. The molecule has 2 atom stereocenters. The van der Waals surface area contributed by atoms with Gasteiger partial charge in [-0.05, 0) is 29.3 Å². The number of aromatic carboxylic acids is 1. The van der Waals surface area contributed by atoms with E-state index in [1.54, 1.807) is 16.4 Å². The number of nitrogens with zero attached hydrogens (tertiary/aromatic N) is 4. The molecule has 3 heterocycles. The van der Waals surface area contributed by atoms with Gasteiger partial charge in [0.2, 0.25) is 16.0 Å². The summed E-state index contributed by atoms with van der Waals surface area (Å²) in [7, 11) is -3.60. The summed E-state index contributed by atoms with van der Waals surface area (Å²) in [6.07, 6.45) is 3.26. The van der Waals surface area contributed by atoms with E-state index in [2.05, 4.69) is 9.97 Å². The van der Waals surface area contributed by atoms with Crippen molar-refractivity contribution in [2.24, 2.45) is 0 Å². The summed E-state index contributed by atoms with van der Waals surface area (Å²) in [6.45, 7) is 0.855. The Morgan fingerprint density at radius 1 is 1.00 bits per heavy atom. The van der Waals surface area contributed by atoms with E-state index in [9.17, 15) is 13.2 Å². The first-order chi connectivity index (χ1) is 13.9. The lowest BCUT2D eigenvalue weighted by Crippen LogP contribution is -2.49. The molecule has 0 radical (unpaired) electrons. The van der Waals surface area contributed by atoms with E-state index in [0.29, 0.717) is 30.4 Å². The van der Waals surface area contributed by atoms with Crippen LogP contribution in [0.4, 0.5) is 5.95 Å². The molecule has 0 amide bonds. The van der Waals surface area contributed by atoms with E-state index in [4.69, 9.17) is 5.11 Å². The van der Waals surface area contributed by atoms with Gasteiger partial charge >= 0.3 is 5.97 Å². The predicted molar refractivity (Wildman–Crippen MR) is 106 cm³/mol. The number of carbonyl (C=O) groups is 1. The maximum atomic E-state index is 13.2. The van der Waals surface area contributed by atoms with Crippen molar-refractivity contribution in [1.29, 1.82) is 0 Å². The zero-order valence-electron chi connectivity index (χ0n) is 15.3. The average molecular weight is 410 g/mol. The Bertz CT molecular complexity index is 1210. The number of hydrogen-bond acceptors (Lipinski definition) is 6. The van der Waals surface area contributed by atoms with Crippen LogP contribution in [0.2, 0.25) is 0 Å². The Morgan fingerprint density at radius 3 is 2.38 bits per heavy atom. The van der Waals surface area contributed by atoms with Crippen LogP contribution in [0.5, 0.6) is 0 Å². The fourth-order valence-electron chi connectivity index (χ4n) is 4.21. The van der Waals surface area contributed by atoms with Crippen LogP contribution in [0, 0.1) is 0 Å². The Kier molecular flexibility index (Phi) is 4.04. The molecule has 1 N–H and O–H groups in total. The number of hydrogen-bond donors (Lipinski definition) is 1. The highest BCUT2D eigenvalue weighted by molar-refractivity contribution is 7.89. The minimum atomic E-state index is -3.60. The first kappa shape index (κ1) is 18.0. The average Bonchev–Trinajstić information content (AvgIpc) is 3.35. The Morgan fingerprint density at radius 2 is 1.72 bits per heavy atom. The number of carboxylic acids is 1. The van der Waals surface area contributed by atoms with Crippen LogP contribution < -0.4 is 4.90 Å². The minimum Gasteiger partial charge on any atom is -0.478 e. The van der Waals surface area contributed by atoms with Crippen LogP contribution in [-0.4, -0.2) is 58.9 Å². The largest absolute Gasteiger partial charge is 0.478 e. The number of carboxylic acid groups (broad SMARTS) is 1. The summed E-state index contributed by atoms with van der Waals surface area (Å²) in [5.74, 6) is -0.641. The molecular weight excluding hydrogens is 392 g/mol. The van der Waals surface area contributed by atoms with Crippen molar-refractivity contribution in [2.75, 3.05) is 18.0 Å². The monoisotopic (exact) mass is 410 g/mol. The first-order valence-corrected chi connectivity index (χ1v) is 10.7. The number of fused-ring (bicyclic) bond motifs is 3. The molecule has 29 heavy (non-hydrogen) atoms. The second kappa shape index (κ2) is 6.50. The zero-order valence-corrected chi connectivity index (χ0v) is 16.2. The fourth-order valence-corrected chi connectivity index (χ4v) is 5.91. The summed E-state index contributed by atoms with van der Waals surface area (Å²) in [6, 6.07) is 12.7. The third-order valence-corrected chi connectivity index (χ3v) is 7.57. The molecular formula is C20H18N4O4S. The van der Waals surface area contributed by atoms with E-state index < -0.39 is 16.0 Å². The van der Waals surface area contributed by atoms with Gasteiger partial charge in [-0.15, -0.1) is 0 Å². The highest BCUT2D eigenvalue weighted by atomic mass is 32.2. The smallest absolute Gasteiger partial charge is 0.338 e. The van der Waals surface area contributed by atoms with E-state index >= 15 is 0 Å². The number of sulfonamides is 1. The Balaban J connectivity index is 1.38. The summed E-state index contributed by atoms with van der Waals surface area (Å²) in [5, 5.41) is 10.9. The van der Waals surface area contributed by atoms with Crippen molar-refractivity contribution >= 4 is 32.7 Å². The minimum absolute atomic E-state index is 0.0223. The van der Waals surface area contributed by atoms with Crippen LogP contribution >= 0.6 is 0 Å². The molecule has 2 saturated heterocycles. The molecule has 1 aromatic heterocycles. The predicted octanol–water partition coefficient (Wildman–Crippen LogP) is 1.98. The standard InChI is InChI=1S/C20H18N4O4S/c25-19(26)15-9-21-20(22-10-15)23-11-17-8-16(23)12-24(17)29(27,28)18-6-5-13-3-1-2-4-14(13)7-18/h1-7,9-10,16-17H,8,11-12H2,(H,25,26)/t16-,17-/m1/s1. The number of piperazine rings is 1. The van der Waals surface area contributed by atoms with Crippen LogP contribution in [0.1, 0.15) is 16.8 Å². The van der Waals surface area contributed by atoms with Gasteiger partial charge in [-0.1, -0.05) is 30.3 Å². The lowest BCUT2D eigenvalue weighted by atomic mass is 10.1. The van der Waals surface area contributed by atoms with E-state index in [-0.39, 0.29) is 17.6 Å².